The van der Waals surface area contributed by atoms with Crippen molar-refractivity contribution >= 4 is 40.8 Å². The molecule has 0 radical (unpaired) electrons. The Kier molecular flexibility index (Phi) is 6.49. The fourth-order valence-corrected chi connectivity index (χ4v) is 3.54. The molecule has 2 N–H and O–H groups in total. The normalized spacial score (nSPS) is 16.0. The van der Waals surface area contributed by atoms with E-state index >= 15 is 0 Å². The van der Waals surface area contributed by atoms with Crippen LogP contribution in [0.25, 0.3) is 0 Å². The number of hydrogen-bond acceptors (Lipinski definition) is 5. The lowest BCUT2D eigenvalue weighted by Gasteiger charge is -2.33. The van der Waals surface area contributed by atoms with Gasteiger partial charge in [0.15, 0.2) is 0 Å². The molecule has 1 aliphatic rings. The van der Waals surface area contributed by atoms with Crippen LogP contribution in [-0.2, 0) is 23.9 Å². The summed E-state index contributed by atoms with van der Waals surface area (Å²) in [5, 5.41) is 5.37. The van der Waals surface area contributed by atoms with Gasteiger partial charge in [-0.05, 0) is 43.3 Å². The number of ether oxygens (including phenoxy) is 1. The smallest absolute Gasteiger partial charge is 0.336 e. The fourth-order valence-electron chi connectivity index (χ4n) is 3.54. The van der Waals surface area contributed by atoms with Gasteiger partial charge in [-0.15, -0.1) is 0 Å². The van der Waals surface area contributed by atoms with E-state index in [1.54, 1.807) is 55.5 Å². The van der Waals surface area contributed by atoms with Crippen molar-refractivity contribution in [3.8, 4) is 0 Å². The van der Waals surface area contributed by atoms with E-state index in [1.165, 1.54) is 18.9 Å². The highest BCUT2D eigenvalue weighted by atomic mass is 16.5. The molecule has 8 nitrogen and oxygen atoms in total. The van der Waals surface area contributed by atoms with Crippen molar-refractivity contribution in [2.24, 2.45) is 5.92 Å². The van der Waals surface area contributed by atoms with Gasteiger partial charge in [0.25, 0.3) is 0 Å². The van der Waals surface area contributed by atoms with Crippen molar-refractivity contribution in [3.63, 3.8) is 0 Å². The summed E-state index contributed by atoms with van der Waals surface area (Å²) in [4.78, 5) is 51.0. The Bertz CT molecular complexity index is 1040. The van der Waals surface area contributed by atoms with E-state index in [1.807, 2.05) is 6.07 Å². The summed E-state index contributed by atoms with van der Waals surface area (Å²) >= 11 is 0. The topological polar surface area (TPSA) is 105 Å². The molecule has 1 atom stereocenters. The molecule has 160 valence electrons. The molecule has 1 aliphatic heterocycles. The van der Waals surface area contributed by atoms with Gasteiger partial charge < -0.3 is 15.4 Å². The second-order valence-corrected chi connectivity index (χ2v) is 7.06. The number of para-hydroxylation sites is 1. The minimum Gasteiger partial charge on any atom is -0.466 e. The summed E-state index contributed by atoms with van der Waals surface area (Å²) < 4.78 is 4.91. The first-order chi connectivity index (χ1) is 14.8. The summed E-state index contributed by atoms with van der Waals surface area (Å²) in [7, 11) is 1.24. The van der Waals surface area contributed by atoms with Crippen LogP contribution in [-0.4, -0.2) is 30.8 Å². The molecule has 3 amide bonds. The van der Waals surface area contributed by atoms with Crippen LogP contribution >= 0.6 is 0 Å². The molecule has 0 unspecified atom stereocenters. The molecule has 1 heterocycles. The molecule has 0 aromatic heterocycles. The first-order valence-electron chi connectivity index (χ1n) is 9.67. The van der Waals surface area contributed by atoms with E-state index in [0.29, 0.717) is 22.8 Å². The molecule has 3 rings (SSSR count). The standard InChI is InChI=1S/C23H23N3O5/c1-14-21(23(30)31-3)19(13-20(28)26(14)18-7-5-4-6-8-18)22(29)25-17-11-9-16(10-12-17)24-15(2)27/h4-12,19H,13H2,1-3H3,(H,24,27)(H,25,29)/t19-/m1/s1. The number of nitrogens with one attached hydrogen (secondary N) is 2. The van der Waals surface area contributed by atoms with Crippen LogP contribution in [0.1, 0.15) is 20.3 Å². The Morgan fingerprint density at radius 3 is 2.10 bits per heavy atom. The predicted octanol–water partition coefficient (Wildman–Crippen LogP) is 3.08. The number of amides is 3. The van der Waals surface area contributed by atoms with Crippen LogP contribution < -0.4 is 15.5 Å². The van der Waals surface area contributed by atoms with Crippen molar-refractivity contribution in [1.29, 1.82) is 0 Å². The molecule has 0 bridgehead atoms. The third-order valence-electron chi connectivity index (χ3n) is 4.91. The number of carbonyl (C=O) groups excluding carboxylic acids is 4. The quantitative estimate of drug-likeness (QED) is 0.722. The van der Waals surface area contributed by atoms with Gasteiger partial charge in [0, 0.05) is 36.1 Å². The molecule has 2 aromatic rings. The second kappa shape index (κ2) is 9.25. The van der Waals surface area contributed by atoms with Crippen LogP contribution in [0.3, 0.4) is 0 Å². The van der Waals surface area contributed by atoms with Crippen molar-refractivity contribution in [1.82, 2.24) is 0 Å². The summed E-state index contributed by atoms with van der Waals surface area (Å²) in [6, 6.07) is 15.4. The van der Waals surface area contributed by atoms with Gasteiger partial charge in [-0.3, -0.25) is 19.3 Å². The largest absolute Gasteiger partial charge is 0.466 e. The Hall–Kier alpha value is -3.94. The minimum absolute atomic E-state index is 0.137. The monoisotopic (exact) mass is 421 g/mol. The van der Waals surface area contributed by atoms with Crippen LogP contribution in [0.5, 0.6) is 0 Å². The first-order valence-corrected chi connectivity index (χ1v) is 9.67. The predicted molar refractivity (Wildman–Crippen MR) is 116 cm³/mol. The lowest BCUT2D eigenvalue weighted by atomic mass is 9.88. The second-order valence-electron chi connectivity index (χ2n) is 7.06. The molecule has 0 fully saturated rings. The number of carbonyl (C=O) groups is 4. The third-order valence-corrected chi connectivity index (χ3v) is 4.91. The molecule has 0 saturated heterocycles. The summed E-state index contributed by atoms with van der Waals surface area (Å²) in [5.41, 5.74) is 2.16. The molecule has 0 aliphatic carbocycles. The molecular weight excluding hydrogens is 398 g/mol. The van der Waals surface area contributed by atoms with E-state index in [0.717, 1.165) is 0 Å². The Labute approximate surface area is 179 Å². The third kappa shape index (κ3) is 4.80. The van der Waals surface area contributed by atoms with Crippen LogP contribution in [0.15, 0.2) is 65.9 Å². The maximum Gasteiger partial charge on any atom is 0.336 e. The minimum atomic E-state index is -0.991. The van der Waals surface area contributed by atoms with Crippen LogP contribution in [0, 0.1) is 5.92 Å². The fraction of sp³-hybridized carbons (Fsp3) is 0.217. The van der Waals surface area contributed by atoms with Gasteiger partial charge in [0.2, 0.25) is 17.7 Å². The zero-order valence-electron chi connectivity index (χ0n) is 17.5. The van der Waals surface area contributed by atoms with Crippen molar-refractivity contribution in [2.45, 2.75) is 20.3 Å². The van der Waals surface area contributed by atoms with E-state index in [4.69, 9.17) is 4.74 Å². The highest BCUT2D eigenvalue weighted by Crippen LogP contribution is 2.34. The highest BCUT2D eigenvalue weighted by Gasteiger charge is 2.40. The van der Waals surface area contributed by atoms with E-state index in [9.17, 15) is 19.2 Å². The number of esters is 1. The van der Waals surface area contributed by atoms with Gasteiger partial charge in [0.05, 0.1) is 18.6 Å². The number of hydrogen-bond donors (Lipinski definition) is 2. The van der Waals surface area contributed by atoms with Gasteiger partial charge in [-0.1, -0.05) is 18.2 Å². The van der Waals surface area contributed by atoms with Crippen LogP contribution in [0.2, 0.25) is 0 Å². The van der Waals surface area contributed by atoms with Gasteiger partial charge >= 0.3 is 5.97 Å². The van der Waals surface area contributed by atoms with Crippen molar-refractivity contribution in [2.75, 3.05) is 22.6 Å². The molecule has 31 heavy (non-hydrogen) atoms. The van der Waals surface area contributed by atoms with Gasteiger partial charge in [-0.2, -0.15) is 0 Å². The van der Waals surface area contributed by atoms with E-state index in [2.05, 4.69) is 10.6 Å². The molecule has 0 spiro atoms. The number of allylic oxidation sites excluding steroid dienone is 1. The van der Waals surface area contributed by atoms with Crippen molar-refractivity contribution in [3.05, 3.63) is 65.9 Å². The Balaban J connectivity index is 1.89. The summed E-state index contributed by atoms with van der Waals surface area (Å²) in [6.07, 6.45) is -0.174. The van der Waals surface area contributed by atoms with Gasteiger partial charge in [-0.25, -0.2) is 4.79 Å². The summed E-state index contributed by atoms with van der Waals surface area (Å²) in [6.45, 7) is 3.02. The van der Waals surface area contributed by atoms with E-state index in [-0.39, 0.29) is 23.8 Å². The number of rotatable bonds is 5. The SMILES string of the molecule is COC(=O)C1=C(C)N(c2ccccc2)C(=O)C[C@H]1C(=O)Nc1ccc(NC(C)=O)cc1. The Morgan fingerprint density at radius 2 is 1.55 bits per heavy atom. The highest BCUT2D eigenvalue weighted by molar-refractivity contribution is 6.10. The zero-order valence-corrected chi connectivity index (χ0v) is 17.5. The number of nitrogens with zero attached hydrogens (tertiary/aromatic N) is 1. The van der Waals surface area contributed by atoms with Crippen LogP contribution in [0.4, 0.5) is 17.1 Å². The van der Waals surface area contributed by atoms with Crippen molar-refractivity contribution < 1.29 is 23.9 Å². The first kappa shape index (κ1) is 21.8. The summed E-state index contributed by atoms with van der Waals surface area (Å²) in [5.74, 6) is -2.64. The Morgan fingerprint density at radius 1 is 0.968 bits per heavy atom. The lowest BCUT2D eigenvalue weighted by molar-refractivity contribution is -0.138. The van der Waals surface area contributed by atoms with E-state index < -0.39 is 17.8 Å². The number of anilines is 3. The maximum atomic E-state index is 13.0. The zero-order chi connectivity index (χ0) is 22.5. The molecule has 0 saturated carbocycles. The number of methoxy groups -OCH3 is 1. The molecular formula is C23H23N3O5. The average molecular weight is 421 g/mol. The maximum absolute atomic E-state index is 13.0. The molecule has 2 aromatic carbocycles. The van der Waals surface area contributed by atoms with Gasteiger partial charge in [0.1, 0.15) is 0 Å². The average Bonchev–Trinajstić information content (AvgIpc) is 2.74. The number of benzene rings is 2. The lowest BCUT2D eigenvalue weighted by Crippen LogP contribution is -2.43. The molecule has 8 heteroatoms.